The summed E-state index contributed by atoms with van der Waals surface area (Å²) in [4.78, 5) is 2.64. The molecule has 0 radical (unpaired) electrons. The lowest BCUT2D eigenvalue weighted by Crippen LogP contribution is -2.44. The molecule has 2 aromatic rings. The molecule has 2 heterocycles. The van der Waals surface area contributed by atoms with Crippen LogP contribution in [0, 0.1) is 6.92 Å². The lowest BCUT2D eigenvalue weighted by Gasteiger charge is -2.40. The third-order valence-corrected chi connectivity index (χ3v) is 7.58. The number of benzene rings is 2. The summed E-state index contributed by atoms with van der Waals surface area (Å²) >= 11 is 12.4. The molecule has 1 unspecified atom stereocenters. The summed E-state index contributed by atoms with van der Waals surface area (Å²) in [5.74, 6) is 0.447. The van der Waals surface area contributed by atoms with Gasteiger partial charge in [0.15, 0.2) is 0 Å². The van der Waals surface area contributed by atoms with Gasteiger partial charge in [0.1, 0.15) is 0 Å². The molecule has 29 heavy (non-hydrogen) atoms. The number of halogens is 2. The van der Waals surface area contributed by atoms with Crippen LogP contribution in [-0.4, -0.2) is 44.7 Å². The van der Waals surface area contributed by atoms with Crippen molar-refractivity contribution in [1.29, 1.82) is 0 Å². The Morgan fingerprint density at radius 1 is 1.10 bits per heavy atom. The second-order valence-electron chi connectivity index (χ2n) is 8.74. The summed E-state index contributed by atoms with van der Waals surface area (Å²) in [6.07, 6.45) is 3.60. The van der Waals surface area contributed by atoms with Crippen LogP contribution < -0.4 is 10.6 Å². The van der Waals surface area contributed by atoms with Crippen LogP contribution in [0.3, 0.4) is 0 Å². The monoisotopic (exact) mass is 431 g/mol. The first-order chi connectivity index (χ1) is 14.0. The molecule has 1 spiro atoms. The van der Waals surface area contributed by atoms with Crippen molar-refractivity contribution in [3.05, 3.63) is 63.1 Å². The van der Waals surface area contributed by atoms with E-state index >= 15 is 0 Å². The Bertz CT molecular complexity index is 859. The topological polar surface area (TPSA) is 27.3 Å². The van der Waals surface area contributed by atoms with Crippen molar-refractivity contribution in [2.24, 2.45) is 0 Å². The number of hydrogen-bond acceptors (Lipinski definition) is 3. The van der Waals surface area contributed by atoms with E-state index in [1.165, 1.54) is 48.3 Å². The van der Waals surface area contributed by atoms with Crippen LogP contribution >= 0.6 is 23.2 Å². The highest BCUT2D eigenvalue weighted by molar-refractivity contribution is 6.42. The largest absolute Gasteiger partial charge is 0.384 e. The van der Waals surface area contributed by atoms with E-state index in [1.807, 2.05) is 19.2 Å². The molecule has 2 aliphatic rings. The van der Waals surface area contributed by atoms with Crippen LogP contribution in [0.4, 0.5) is 5.69 Å². The van der Waals surface area contributed by atoms with Gasteiger partial charge in [-0.2, -0.15) is 0 Å². The van der Waals surface area contributed by atoms with Crippen LogP contribution in [0.2, 0.25) is 10.0 Å². The second kappa shape index (κ2) is 8.85. The van der Waals surface area contributed by atoms with Crippen molar-refractivity contribution in [3.8, 4) is 0 Å². The van der Waals surface area contributed by atoms with Gasteiger partial charge in [-0.05, 0) is 93.7 Å². The third-order valence-electron chi connectivity index (χ3n) is 6.84. The zero-order valence-electron chi connectivity index (χ0n) is 17.4. The molecule has 1 fully saturated rings. The molecule has 1 atom stereocenters. The summed E-state index contributed by atoms with van der Waals surface area (Å²) in [7, 11) is 2.02. The SMILES string of the molecule is CNCC(CCN1CCC2(CC1)CNc1cc(C)ccc12)c1ccc(Cl)c(Cl)c1. The Kier molecular flexibility index (Phi) is 6.41. The quantitative estimate of drug-likeness (QED) is 0.635. The zero-order chi connectivity index (χ0) is 20.4. The van der Waals surface area contributed by atoms with Crippen LogP contribution in [0.25, 0.3) is 0 Å². The maximum atomic E-state index is 6.26. The number of nitrogens with one attached hydrogen (secondary N) is 2. The van der Waals surface area contributed by atoms with E-state index in [2.05, 4.69) is 46.7 Å². The van der Waals surface area contributed by atoms with Crippen molar-refractivity contribution in [1.82, 2.24) is 10.2 Å². The Labute approximate surface area is 184 Å². The average Bonchev–Trinajstić information content (AvgIpc) is 3.06. The van der Waals surface area contributed by atoms with Crippen molar-refractivity contribution in [2.45, 2.75) is 37.5 Å². The zero-order valence-corrected chi connectivity index (χ0v) is 18.9. The molecule has 0 saturated carbocycles. The van der Waals surface area contributed by atoms with Gasteiger partial charge in [-0.1, -0.05) is 41.4 Å². The minimum absolute atomic E-state index is 0.327. The van der Waals surface area contributed by atoms with E-state index < -0.39 is 0 Å². The van der Waals surface area contributed by atoms with E-state index in [0.717, 1.165) is 26.1 Å². The van der Waals surface area contributed by atoms with Gasteiger partial charge >= 0.3 is 0 Å². The van der Waals surface area contributed by atoms with E-state index in [1.54, 1.807) is 0 Å². The third kappa shape index (κ3) is 4.44. The fourth-order valence-corrected chi connectivity index (χ4v) is 5.32. The summed E-state index contributed by atoms with van der Waals surface area (Å²) in [5.41, 5.74) is 5.82. The lowest BCUT2D eigenvalue weighted by molar-refractivity contribution is 0.164. The average molecular weight is 432 g/mol. The van der Waals surface area contributed by atoms with Gasteiger partial charge < -0.3 is 15.5 Å². The molecule has 2 N–H and O–H groups in total. The number of likely N-dealkylation sites (N-methyl/N-ethyl adjacent to an activating group) is 1. The fourth-order valence-electron chi connectivity index (χ4n) is 5.01. The molecule has 5 heteroatoms. The number of hydrogen-bond donors (Lipinski definition) is 2. The summed E-state index contributed by atoms with van der Waals surface area (Å²) in [6.45, 7) is 7.67. The molecule has 4 rings (SSSR count). The Morgan fingerprint density at radius 2 is 1.90 bits per heavy atom. The maximum Gasteiger partial charge on any atom is 0.0595 e. The number of nitrogens with zero attached hydrogens (tertiary/aromatic N) is 1. The Hall–Kier alpha value is -1.26. The summed E-state index contributed by atoms with van der Waals surface area (Å²) < 4.78 is 0. The molecule has 0 amide bonds. The van der Waals surface area contributed by atoms with Crippen LogP contribution in [0.5, 0.6) is 0 Å². The molecule has 2 aromatic carbocycles. The van der Waals surface area contributed by atoms with Gasteiger partial charge in [0.05, 0.1) is 10.0 Å². The first kappa shape index (κ1) is 21.0. The van der Waals surface area contributed by atoms with Crippen LogP contribution in [0.15, 0.2) is 36.4 Å². The first-order valence-corrected chi connectivity index (χ1v) is 11.4. The normalized spacial score (nSPS) is 19.2. The van der Waals surface area contributed by atoms with Gasteiger partial charge in [0.25, 0.3) is 0 Å². The molecule has 0 aliphatic carbocycles. The Morgan fingerprint density at radius 3 is 2.62 bits per heavy atom. The van der Waals surface area contributed by atoms with Gasteiger partial charge in [0, 0.05) is 24.2 Å². The molecule has 1 saturated heterocycles. The van der Waals surface area contributed by atoms with Crippen LogP contribution in [0.1, 0.15) is 41.9 Å². The number of rotatable bonds is 6. The number of piperidine rings is 1. The molecule has 2 aliphatic heterocycles. The van der Waals surface area contributed by atoms with Crippen molar-refractivity contribution >= 4 is 28.9 Å². The lowest BCUT2D eigenvalue weighted by atomic mass is 9.74. The van der Waals surface area contributed by atoms with Crippen molar-refractivity contribution < 1.29 is 0 Å². The minimum atomic E-state index is 0.327. The number of likely N-dealkylation sites (tertiary alicyclic amines) is 1. The highest BCUT2D eigenvalue weighted by Gasteiger charge is 2.41. The van der Waals surface area contributed by atoms with Crippen molar-refractivity contribution in [3.63, 3.8) is 0 Å². The predicted molar refractivity (Wildman–Crippen MR) is 125 cm³/mol. The van der Waals surface area contributed by atoms with E-state index in [9.17, 15) is 0 Å². The number of aryl methyl sites for hydroxylation is 1. The molecular formula is C24H31Cl2N3. The van der Waals surface area contributed by atoms with E-state index in [-0.39, 0.29) is 0 Å². The van der Waals surface area contributed by atoms with Crippen LogP contribution in [-0.2, 0) is 5.41 Å². The highest BCUT2D eigenvalue weighted by atomic mass is 35.5. The smallest absolute Gasteiger partial charge is 0.0595 e. The predicted octanol–water partition coefficient (Wildman–Crippen LogP) is 5.45. The van der Waals surface area contributed by atoms with E-state index in [0.29, 0.717) is 21.4 Å². The molecule has 0 bridgehead atoms. The summed E-state index contributed by atoms with van der Waals surface area (Å²) in [6, 6.07) is 13.0. The van der Waals surface area contributed by atoms with Gasteiger partial charge in [0.2, 0.25) is 0 Å². The molecule has 0 aromatic heterocycles. The van der Waals surface area contributed by atoms with Crippen molar-refractivity contribution in [2.75, 3.05) is 45.1 Å². The maximum absolute atomic E-state index is 6.26. The molecule has 3 nitrogen and oxygen atoms in total. The highest BCUT2D eigenvalue weighted by Crippen LogP contribution is 2.44. The standard InChI is InChI=1S/C24H31Cl2N3/c1-17-3-5-20-23(13-17)28-16-24(20)8-11-29(12-9-24)10-7-19(15-27-2)18-4-6-21(25)22(26)14-18/h3-6,13-14,19,27-28H,7-12,15-16H2,1-2H3. The summed E-state index contributed by atoms with van der Waals surface area (Å²) in [5, 5.41) is 8.28. The molecule has 156 valence electrons. The number of fused-ring (bicyclic) bond motifs is 2. The fraction of sp³-hybridized carbons (Fsp3) is 0.500. The van der Waals surface area contributed by atoms with E-state index in [4.69, 9.17) is 23.2 Å². The minimum Gasteiger partial charge on any atom is -0.384 e. The Balaban J connectivity index is 1.36. The van der Waals surface area contributed by atoms with Gasteiger partial charge in [-0.3, -0.25) is 0 Å². The van der Waals surface area contributed by atoms with Gasteiger partial charge in [-0.15, -0.1) is 0 Å². The molecular weight excluding hydrogens is 401 g/mol. The first-order valence-electron chi connectivity index (χ1n) is 10.7. The number of anilines is 1. The van der Waals surface area contributed by atoms with Gasteiger partial charge in [-0.25, -0.2) is 0 Å². The second-order valence-corrected chi connectivity index (χ2v) is 9.56.